The Balaban J connectivity index is 1.92. The molecule has 0 bridgehead atoms. The molecule has 4 heteroatoms. The summed E-state index contributed by atoms with van der Waals surface area (Å²) in [4.78, 5) is 4.23. The Bertz CT molecular complexity index is 431. The fraction of sp³-hybridized carbons (Fsp3) is 0.462. The lowest BCUT2D eigenvalue weighted by Crippen LogP contribution is -2.20. The van der Waals surface area contributed by atoms with Crippen LogP contribution in [0.3, 0.4) is 0 Å². The number of nitrogens with one attached hydrogen (secondary N) is 1. The normalized spacial score (nSPS) is 11.2. The summed E-state index contributed by atoms with van der Waals surface area (Å²) >= 11 is 1.74. The zero-order chi connectivity index (χ0) is 12.1. The van der Waals surface area contributed by atoms with Crippen molar-refractivity contribution < 1.29 is 0 Å². The topological polar surface area (TPSA) is 29.9 Å². The molecule has 0 atom stereocenters. The molecular weight excluding hydrogens is 230 g/mol. The van der Waals surface area contributed by atoms with Gasteiger partial charge >= 0.3 is 0 Å². The molecule has 0 aromatic carbocycles. The maximum Gasteiger partial charge on any atom is 0.0951 e. The minimum atomic E-state index is 0.684. The molecular formula is C13H19N3S. The molecule has 0 spiro atoms. The number of hydrogen-bond donors (Lipinski definition) is 1. The number of nitrogens with zero attached hydrogens (tertiary/aromatic N) is 2. The van der Waals surface area contributed by atoms with E-state index in [0.717, 1.165) is 19.6 Å². The molecule has 0 aliphatic heterocycles. The van der Waals surface area contributed by atoms with Gasteiger partial charge in [-0.25, -0.2) is 4.98 Å². The third-order valence-corrected chi connectivity index (χ3v) is 3.32. The zero-order valence-electron chi connectivity index (χ0n) is 10.4. The van der Waals surface area contributed by atoms with Crippen molar-refractivity contribution in [1.82, 2.24) is 14.9 Å². The first-order valence-electron chi connectivity index (χ1n) is 5.96. The lowest BCUT2D eigenvalue weighted by atomic mass is 10.2. The van der Waals surface area contributed by atoms with Crippen LogP contribution in [0.25, 0.3) is 0 Å². The predicted octanol–water partition coefficient (Wildman–Crippen LogP) is 2.74. The summed E-state index contributed by atoms with van der Waals surface area (Å²) in [5, 5.41) is 7.75. The SMILES string of the molecule is CC(C)CNCc1cncn1Cc1ccsc1. The molecule has 2 heterocycles. The zero-order valence-corrected chi connectivity index (χ0v) is 11.2. The standard InChI is InChI=1S/C13H19N3S/c1-11(2)5-14-6-13-7-15-10-16(13)8-12-3-4-17-9-12/h3-4,7,9-11,14H,5-6,8H2,1-2H3. The van der Waals surface area contributed by atoms with E-state index in [1.807, 2.05) is 12.5 Å². The number of aromatic nitrogens is 2. The molecule has 0 saturated heterocycles. The van der Waals surface area contributed by atoms with Crippen LogP contribution in [-0.4, -0.2) is 16.1 Å². The monoisotopic (exact) mass is 249 g/mol. The average Bonchev–Trinajstić information content (AvgIpc) is 2.91. The molecule has 0 fully saturated rings. The van der Waals surface area contributed by atoms with E-state index in [1.54, 1.807) is 11.3 Å². The van der Waals surface area contributed by atoms with Gasteiger partial charge in [-0.15, -0.1) is 0 Å². The molecule has 0 saturated carbocycles. The number of thiophene rings is 1. The van der Waals surface area contributed by atoms with Gasteiger partial charge in [0.2, 0.25) is 0 Å². The molecule has 0 aliphatic carbocycles. The number of rotatable bonds is 6. The summed E-state index contributed by atoms with van der Waals surface area (Å²) in [5.74, 6) is 0.684. The van der Waals surface area contributed by atoms with Crippen LogP contribution in [0.5, 0.6) is 0 Å². The minimum absolute atomic E-state index is 0.684. The van der Waals surface area contributed by atoms with Gasteiger partial charge in [-0.3, -0.25) is 0 Å². The second kappa shape index (κ2) is 5.98. The highest BCUT2D eigenvalue weighted by Gasteiger charge is 2.03. The second-order valence-electron chi connectivity index (χ2n) is 4.67. The van der Waals surface area contributed by atoms with E-state index in [1.165, 1.54) is 11.3 Å². The number of imidazole rings is 1. The molecule has 0 radical (unpaired) electrons. The van der Waals surface area contributed by atoms with Gasteiger partial charge in [0.1, 0.15) is 0 Å². The van der Waals surface area contributed by atoms with Crippen molar-refractivity contribution in [2.45, 2.75) is 26.9 Å². The molecule has 0 amide bonds. The molecule has 2 rings (SSSR count). The van der Waals surface area contributed by atoms with Gasteiger partial charge in [-0.1, -0.05) is 13.8 Å². The summed E-state index contributed by atoms with van der Waals surface area (Å²) in [6.07, 6.45) is 3.85. The third kappa shape index (κ3) is 3.68. The van der Waals surface area contributed by atoms with Gasteiger partial charge in [0, 0.05) is 19.3 Å². The van der Waals surface area contributed by atoms with Crippen molar-refractivity contribution in [1.29, 1.82) is 0 Å². The Morgan fingerprint density at radius 1 is 1.47 bits per heavy atom. The summed E-state index contributed by atoms with van der Waals surface area (Å²) in [7, 11) is 0. The fourth-order valence-corrected chi connectivity index (χ4v) is 2.37. The van der Waals surface area contributed by atoms with Crippen LogP contribution in [0, 0.1) is 5.92 Å². The van der Waals surface area contributed by atoms with Crippen LogP contribution >= 0.6 is 11.3 Å². The van der Waals surface area contributed by atoms with Gasteiger partial charge in [-0.2, -0.15) is 11.3 Å². The Kier molecular flexibility index (Phi) is 4.34. The maximum absolute atomic E-state index is 4.23. The highest BCUT2D eigenvalue weighted by Crippen LogP contribution is 2.10. The van der Waals surface area contributed by atoms with Crippen molar-refractivity contribution >= 4 is 11.3 Å². The Morgan fingerprint density at radius 2 is 2.35 bits per heavy atom. The molecule has 2 aromatic rings. The number of hydrogen-bond acceptors (Lipinski definition) is 3. The van der Waals surface area contributed by atoms with Crippen molar-refractivity contribution in [3.63, 3.8) is 0 Å². The first-order valence-corrected chi connectivity index (χ1v) is 6.91. The fourth-order valence-electron chi connectivity index (χ4n) is 1.71. The van der Waals surface area contributed by atoms with Crippen molar-refractivity contribution in [2.75, 3.05) is 6.54 Å². The van der Waals surface area contributed by atoms with Crippen LogP contribution in [0.1, 0.15) is 25.1 Å². The molecule has 1 N–H and O–H groups in total. The molecule has 0 unspecified atom stereocenters. The van der Waals surface area contributed by atoms with E-state index in [2.05, 4.69) is 45.5 Å². The Hall–Kier alpha value is -1.13. The van der Waals surface area contributed by atoms with Crippen molar-refractivity contribution in [2.24, 2.45) is 5.92 Å². The lowest BCUT2D eigenvalue weighted by molar-refractivity contribution is 0.539. The van der Waals surface area contributed by atoms with Crippen LogP contribution < -0.4 is 5.32 Å². The van der Waals surface area contributed by atoms with Crippen LogP contribution in [0.4, 0.5) is 0 Å². The third-order valence-electron chi connectivity index (χ3n) is 2.59. The summed E-state index contributed by atoms with van der Waals surface area (Å²) in [6.45, 7) is 7.29. The van der Waals surface area contributed by atoms with Crippen LogP contribution in [0.15, 0.2) is 29.4 Å². The Labute approximate surface area is 107 Å². The van der Waals surface area contributed by atoms with Crippen molar-refractivity contribution in [3.8, 4) is 0 Å². The molecule has 3 nitrogen and oxygen atoms in total. The van der Waals surface area contributed by atoms with Gasteiger partial charge in [0.05, 0.1) is 12.0 Å². The van der Waals surface area contributed by atoms with Crippen molar-refractivity contribution in [3.05, 3.63) is 40.6 Å². The van der Waals surface area contributed by atoms with E-state index in [-0.39, 0.29) is 0 Å². The Morgan fingerprint density at radius 3 is 3.06 bits per heavy atom. The van der Waals surface area contributed by atoms with Crippen LogP contribution in [-0.2, 0) is 13.1 Å². The summed E-state index contributed by atoms with van der Waals surface area (Å²) in [5.41, 5.74) is 2.59. The molecule has 17 heavy (non-hydrogen) atoms. The van der Waals surface area contributed by atoms with Gasteiger partial charge in [0.15, 0.2) is 0 Å². The van der Waals surface area contributed by atoms with Gasteiger partial charge < -0.3 is 9.88 Å². The first kappa shape index (κ1) is 12.3. The highest BCUT2D eigenvalue weighted by atomic mass is 32.1. The maximum atomic E-state index is 4.23. The van der Waals surface area contributed by atoms with Crippen LogP contribution in [0.2, 0.25) is 0 Å². The van der Waals surface area contributed by atoms with E-state index in [4.69, 9.17) is 0 Å². The summed E-state index contributed by atoms with van der Waals surface area (Å²) < 4.78 is 2.20. The molecule has 92 valence electrons. The van der Waals surface area contributed by atoms with Gasteiger partial charge in [-0.05, 0) is 34.9 Å². The first-order chi connectivity index (χ1) is 8.25. The highest BCUT2D eigenvalue weighted by molar-refractivity contribution is 7.07. The largest absolute Gasteiger partial charge is 0.329 e. The smallest absolute Gasteiger partial charge is 0.0951 e. The second-order valence-corrected chi connectivity index (χ2v) is 5.45. The van der Waals surface area contributed by atoms with E-state index in [9.17, 15) is 0 Å². The quantitative estimate of drug-likeness (QED) is 0.853. The summed E-state index contributed by atoms with van der Waals surface area (Å²) in [6, 6.07) is 2.16. The van der Waals surface area contributed by atoms with E-state index in [0.29, 0.717) is 5.92 Å². The molecule has 0 aliphatic rings. The van der Waals surface area contributed by atoms with E-state index >= 15 is 0 Å². The predicted molar refractivity (Wildman–Crippen MR) is 72.2 cm³/mol. The molecule has 2 aromatic heterocycles. The lowest BCUT2D eigenvalue weighted by Gasteiger charge is -2.09. The van der Waals surface area contributed by atoms with E-state index < -0.39 is 0 Å². The minimum Gasteiger partial charge on any atom is -0.329 e. The van der Waals surface area contributed by atoms with Gasteiger partial charge in [0.25, 0.3) is 0 Å². The average molecular weight is 249 g/mol.